The standard InChI is InChI=1S/C43H78O4/c1-3-5-7-9-11-13-15-17-19-21-23-25-27-29-31-36-41(44)39-40(35-33-34-38-43(46)47)42(45)37-32-30-28-26-24-22-20-18-16-14-12-10-8-6-4-2/h17-20,40H,3-16,21-39H2,1-2H3,(H,46,47)/b19-17+,20-18+. The van der Waals surface area contributed by atoms with Gasteiger partial charge in [0, 0.05) is 31.6 Å². The van der Waals surface area contributed by atoms with E-state index in [4.69, 9.17) is 5.11 Å². The Kier molecular flexibility index (Phi) is 35.8. The molecule has 0 aliphatic heterocycles. The minimum absolute atomic E-state index is 0.137. The first kappa shape index (κ1) is 45.3. The predicted molar refractivity (Wildman–Crippen MR) is 203 cm³/mol. The third-order valence-electron chi connectivity index (χ3n) is 9.53. The second-order valence-electron chi connectivity index (χ2n) is 14.2. The third-order valence-corrected chi connectivity index (χ3v) is 9.53. The maximum atomic E-state index is 13.1. The van der Waals surface area contributed by atoms with Crippen LogP contribution in [0.5, 0.6) is 0 Å². The average Bonchev–Trinajstić information content (AvgIpc) is 3.05. The Labute approximate surface area is 292 Å². The predicted octanol–water partition coefficient (Wildman–Crippen LogP) is 13.9. The molecule has 4 heteroatoms. The van der Waals surface area contributed by atoms with E-state index in [2.05, 4.69) is 38.2 Å². The molecule has 274 valence electrons. The molecule has 0 saturated carbocycles. The number of aliphatic carboxylic acids is 1. The first-order valence-corrected chi connectivity index (χ1v) is 20.6. The van der Waals surface area contributed by atoms with Crippen LogP contribution in [0, 0.1) is 5.92 Å². The van der Waals surface area contributed by atoms with Crippen molar-refractivity contribution in [3.05, 3.63) is 24.3 Å². The summed E-state index contributed by atoms with van der Waals surface area (Å²) in [6.07, 6.45) is 45.2. The molecular formula is C43H78O4. The lowest BCUT2D eigenvalue weighted by Gasteiger charge is -2.15. The van der Waals surface area contributed by atoms with Crippen LogP contribution in [0.1, 0.15) is 226 Å². The molecule has 0 bridgehead atoms. The molecule has 0 aromatic carbocycles. The van der Waals surface area contributed by atoms with Gasteiger partial charge in [-0.15, -0.1) is 0 Å². The summed E-state index contributed by atoms with van der Waals surface area (Å²) in [5.41, 5.74) is 0. The van der Waals surface area contributed by atoms with E-state index >= 15 is 0 Å². The molecular weight excluding hydrogens is 580 g/mol. The van der Waals surface area contributed by atoms with Crippen molar-refractivity contribution in [2.24, 2.45) is 5.92 Å². The number of carbonyl (C=O) groups excluding carboxylic acids is 2. The van der Waals surface area contributed by atoms with E-state index in [-0.39, 0.29) is 23.9 Å². The van der Waals surface area contributed by atoms with E-state index in [9.17, 15) is 14.4 Å². The molecule has 0 saturated heterocycles. The van der Waals surface area contributed by atoms with Crippen molar-refractivity contribution in [2.45, 2.75) is 226 Å². The summed E-state index contributed by atoms with van der Waals surface area (Å²) in [6, 6.07) is 0. The normalized spacial score (nSPS) is 12.4. The van der Waals surface area contributed by atoms with Gasteiger partial charge in [0.2, 0.25) is 0 Å². The van der Waals surface area contributed by atoms with Gasteiger partial charge >= 0.3 is 5.97 Å². The molecule has 0 aliphatic carbocycles. The number of hydrogen-bond donors (Lipinski definition) is 1. The maximum Gasteiger partial charge on any atom is 0.303 e. The van der Waals surface area contributed by atoms with Crippen LogP contribution >= 0.6 is 0 Å². The molecule has 0 fully saturated rings. The largest absolute Gasteiger partial charge is 0.481 e. The summed E-state index contributed by atoms with van der Waals surface area (Å²) in [5.74, 6) is -0.586. The molecule has 47 heavy (non-hydrogen) atoms. The molecule has 1 N–H and O–H groups in total. The smallest absolute Gasteiger partial charge is 0.303 e. The lowest BCUT2D eigenvalue weighted by atomic mass is 9.88. The number of ketones is 2. The fourth-order valence-corrected chi connectivity index (χ4v) is 6.39. The van der Waals surface area contributed by atoms with Crippen LogP contribution < -0.4 is 0 Å². The van der Waals surface area contributed by atoms with Crippen molar-refractivity contribution in [3.8, 4) is 0 Å². The number of Topliss-reactive ketones (excluding diaryl/α,β-unsaturated/α-hetero) is 2. The van der Waals surface area contributed by atoms with E-state index in [1.165, 1.54) is 122 Å². The quantitative estimate of drug-likeness (QED) is 0.0529. The van der Waals surface area contributed by atoms with E-state index < -0.39 is 5.97 Å². The highest BCUT2D eigenvalue weighted by Crippen LogP contribution is 2.21. The summed E-state index contributed by atoms with van der Waals surface area (Å²) in [5, 5.41) is 8.97. The van der Waals surface area contributed by atoms with Crippen molar-refractivity contribution in [2.75, 3.05) is 0 Å². The van der Waals surface area contributed by atoms with Crippen LogP contribution in [0.2, 0.25) is 0 Å². The van der Waals surface area contributed by atoms with Gasteiger partial charge in [0.25, 0.3) is 0 Å². The van der Waals surface area contributed by atoms with Gasteiger partial charge in [-0.05, 0) is 77.0 Å². The highest BCUT2D eigenvalue weighted by atomic mass is 16.4. The van der Waals surface area contributed by atoms with Gasteiger partial charge < -0.3 is 5.11 Å². The second kappa shape index (κ2) is 37.1. The van der Waals surface area contributed by atoms with Gasteiger partial charge in [-0.3, -0.25) is 14.4 Å². The molecule has 0 amide bonds. The van der Waals surface area contributed by atoms with E-state index in [1.54, 1.807) is 0 Å². The molecule has 0 aliphatic rings. The Morgan fingerprint density at radius 2 is 0.809 bits per heavy atom. The SMILES string of the molecule is CCCCCCCC/C=C/CCCCCCCC(=O)CC(CCCCC(=O)O)C(=O)CCCCCCC/C=C/CCCCCCCC. The Balaban J connectivity index is 4.05. The molecule has 0 heterocycles. The van der Waals surface area contributed by atoms with Crippen LogP contribution in [-0.4, -0.2) is 22.6 Å². The molecule has 1 unspecified atom stereocenters. The van der Waals surface area contributed by atoms with Crippen LogP contribution in [0.25, 0.3) is 0 Å². The Morgan fingerprint density at radius 1 is 0.447 bits per heavy atom. The average molecular weight is 659 g/mol. The molecule has 0 aromatic heterocycles. The number of allylic oxidation sites excluding steroid dienone is 4. The Morgan fingerprint density at radius 3 is 1.23 bits per heavy atom. The first-order valence-electron chi connectivity index (χ1n) is 20.6. The zero-order valence-electron chi connectivity index (χ0n) is 31.4. The minimum Gasteiger partial charge on any atom is -0.481 e. The molecule has 0 radical (unpaired) electrons. The second-order valence-corrected chi connectivity index (χ2v) is 14.2. The highest BCUT2D eigenvalue weighted by molar-refractivity contribution is 5.87. The summed E-state index contributed by atoms with van der Waals surface area (Å²) in [7, 11) is 0. The molecule has 4 nitrogen and oxygen atoms in total. The van der Waals surface area contributed by atoms with Crippen LogP contribution in [0.15, 0.2) is 24.3 Å². The van der Waals surface area contributed by atoms with Crippen molar-refractivity contribution >= 4 is 17.5 Å². The number of hydrogen-bond acceptors (Lipinski definition) is 3. The van der Waals surface area contributed by atoms with E-state index in [0.717, 1.165) is 44.9 Å². The first-order chi connectivity index (χ1) is 23.0. The van der Waals surface area contributed by atoms with Gasteiger partial charge in [0.05, 0.1) is 0 Å². The number of rotatable bonds is 38. The van der Waals surface area contributed by atoms with Gasteiger partial charge in [-0.2, -0.15) is 0 Å². The Hall–Kier alpha value is -1.71. The fraction of sp³-hybridized carbons (Fsp3) is 0.837. The lowest BCUT2D eigenvalue weighted by Crippen LogP contribution is -2.19. The van der Waals surface area contributed by atoms with Gasteiger partial charge in [0.1, 0.15) is 11.6 Å². The number of carboxylic acids is 1. The van der Waals surface area contributed by atoms with Crippen LogP contribution in [-0.2, 0) is 14.4 Å². The monoisotopic (exact) mass is 659 g/mol. The topological polar surface area (TPSA) is 71.4 Å². The van der Waals surface area contributed by atoms with Gasteiger partial charge in [-0.25, -0.2) is 0 Å². The zero-order chi connectivity index (χ0) is 34.5. The number of carboxylic acid groups (broad SMARTS) is 1. The molecule has 0 spiro atoms. The number of unbranched alkanes of at least 4 members (excludes halogenated alkanes) is 23. The summed E-state index contributed by atoms with van der Waals surface area (Å²) >= 11 is 0. The van der Waals surface area contributed by atoms with Crippen LogP contribution in [0.4, 0.5) is 0 Å². The molecule has 0 rings (SSSR count). The van der Waals surface area contributed by atoms with E-state index in [1.807, 2.05) is 0 Å². The van der Waals surface area contributed by atoms with E-state index in [0.29, 0.717) is 38.5 Å². The minimum atomic E-state index is -0.790. The molecule has 1 atom stereocenters. The van der Waals surface area contributed by atoms with Crippen LogP contribution in [0.3, 0.4) is 0 Å². The summed E-state index contributed by atoms with van der Waals surface area (Å²) in [6.45, 7) is 4.53. The Bertz CT molecular complexity index is 768. The maximum absolute atomic E-state index is 13.1. The van der Waals surface area contributed by atoms with Crippen molar-refractivity contribution in [1.82, 2.24) is 0 Å². The van der Waals surface area contributed by atoms with Crippen molar-refractivity contribution in [3.63, 3.8) is 0 Å². The zero-order valence-corrected chi connectivity index (χ0v) is 31.4. The number of carbonyl (C=O) groups is 3. The van der Waals surface area contributed by atoms with Crippen molar-refractivity contribution in [1.29, 1.82) is 0 Å². The summed E-state index contributed by atoms with van der Waals surface area (Å²) in [4.78, 5) is 36.8. The summed E-state index contributed by atoms with van der Waals surface area (Å²) < 4.78 is 0. The highest BCUT2D eigenvalue weighted by Gasteiger charge is 2.21. The fourth-order valence-electron chi connectivity index (χ4n) is 6.39. The van der Waals surface area contributed by atoms with Gasteiger partial charge in [-0.1, -0.05) is 147 Å². The van der Waals surface area contributed by atoms with Gasteiger partial charge in [0.15, 0.2) is 0 Å². The molecule has 0 aromatic rings. The van der Waals surface area contributed by atoms with Crippen molar-refractivity contribution < 1.29 is 19.5 Å². The lowest BCUT2D eigenvalue weighted by molar-refractivity contribution is -0.137. The third kappa shape index (κ3) is 35.4.